The first-order chi connectivity index (χ1) is 7.11. The number of benzene rings is 1. The molecule has 0 saturated heterocycles. The Kier molecular flexibility index (Phi) is 3.28. The van der Waals surface area contributed by atoms with Crippen molar-refractivity contribution in [1.82, 2.24) is 0 Å². The lowest BCUT2D eigenvalue weighted by molar-refractivity contribution is -0.120. The number of esters is 1. The van der Waals surface area contributed by atoms with E-state index in [9.17, 15) is 14.7 Å². The van der Waals surface area contributed by atoms with Gasteiger partial charge in [-0.15, -0.1) is 0 Å². The van der Waals surface area contributed by atoms with Crippen LogP contribution in [0.25, 0.3) is 0 Å². The van der Waals surface area contributed by atoms with Gasteiger partial charge in [-0.3, -0.25) is 4.79 Å². The Balaban J connectivity index is 3.20. The number of rotatable bonds is 3. The van der Waals surface area contributed by atoms with Crippen molar-refractivity contribution in [2.45, 2.75) is 6.92 Å². The molecule has 1 N–H and O–H groups in total. The quantitative estimate of drug-likeness (QED) is 0.595. The van der Waals surface area contributed by atoms with E-state index in [4.69, 9.17) is 0 Å². The molecule has 1 rings (SSSR count). The summed E-state index contributed by atoms with van der Waals surface area (Å²) in [6, 6.07) is 2.74. The summed E-state index contributed by atoms with van der Waals surface area (Å²) in [4.78, 5) is 21.3. The fraction of sp³-hybridized carbons (Fsp3) is 0.200. The van der Waals surface area contributed by atoms with Crippen molar-refractivity contribution < 1.29 is 24.2 Å². The van der Waals surface area contributed by atoms with Crippen molar-refractivity contribution in [1.29, 1.82) is 0 Å². The summed E-state index contributed by atoms with van der Waals surface area (Å²) in [7, 11) is 1.24. The Labute approximate surface area is 86.2 Å². The first kappa shape index (κ1) is 11.0. The molecule has 0 spiro atoms. The molecule has 0 unspecified atom stereocenters. The summed E-state index contributed by atoms with van der Waals surface area (Å²) in [6.45, 7) is 1.73. The van der Waals surface area contributed by atoms with E-state index in [0.29, 0.717) is 5.56 Å². The zero-order chi connectivity index (χ0) is 11.4. The van der Waals surface area contributed by atoms with Crippen LogP contribution < -0.4 is 4.74 Å². The number of aromatic hydroxyl groups is 1. The molecule has 0 aliphatic carbocycles. The van der Waals surface area contributed by atoms with Crippen LogP contribution in [0.2, 0.25) is 0 Å². The third kappa shape index (κ3) is 2.07. The lowest BCUT2D eigenvalue weighted by Gasteiger charge is -2.08. The van der Waals surface area contributed by atoms with Crippen LogP contribution in [-0.4, -0.2) is 24.7 Å². The Bertz CT molecular complexity index is 397. The zero-order valence-electron chi connectivity index (χ0n) is 8.31. The molecule has 0 aliphatic heterocycles. The minimum absolute atomic E-state index is 0.00940. The van der Waals surface area contributed by atoms with E-state index in [1.165, 1.54) is 26.2 Å². The summed E-state index contributed by atoms with van der Waals surface area (Å²) in [6.07, 6.45) is 0. The molecule has 1 aromatic rings. The molecule has 0 aliphatic rings. The molecule has 0 atom stereocenters. The van der Waals surface area contributed by atoms with E-state index in [-0.39, 0.29) is 23.5 Å². The molecule has 5 nitrogen and oxygen atoms in total. The summed E-state index contributed by atoms with van der Waals surface area (Å²) in [5, 5.41) is 9.56. The number of methoxy groups -OCH3 is 1. The Hall–Kier alpha value is -2.04. The van der Waals surface area contributed by atoms with Crippen LogP contribution in [0, 0.1) is 6.92 Å². The SMILES string of the molecule is COC(=O)c1ccc(OC=O)c(O)c1C. The van der Waals surface area contributed by atoms with Crippen LogP contribution in [0.3, 0.4) is 0 Å². The molecule has 0 bridgehead atoms. The van der Waals surface area contributed by atoms with Crippen LogP contribution >= 0.6 is 0 Å². The van der Waals surface area contributed by atoms with Gasteiger partial charge in [-0.2, -0.15) is 0 Å². The van der Waals surface area contributed by atoms with E-state index >= 15 is 0 Å². The number of carbonyl (C=O) groups is 2. The molecule has 80 valence electrons. The largest absolute Gasteiger partial charge is 0.504 e. The smallest absolute Gasteiger partial charge is 0.338 e. The van der Waals surface area contributed by atoms with Crippen molar-refractivity contribution >= 4 is 12.4 Å². The summed E-state index contributed by atoms with van der Waals surface area (Å²) in [5.41, 5.74) is 0.537. The van der Waals surface area contributed by atoms with E-state index in [1.807, 2.05) is 0 Å². The molecule has 0 radical (unpaired) electrons. The molecular weight excluding hydrogens is 200 g/mol. The van der Waals surface area contributed by atoms with Crippen molar-refractivity contribution in [3.05, 3.63) is 23.3 Å². The maximum absolute atomic E-state index is 11.2. The van der Waals surface area contributed by atoms with Gasteiger partial charge in [-0.05, 0) is 19.1 Å². The van der Waals surface area contributed by atoms with Crippen molar-refractivity contribution in [2.75, 3.05) is 7.11 Å². The second kappa shape index (κ2) is 4.45. The second-order valence-corrected chi connectivity index (χ2v) is 2.79. The molecule has 0 amide bonds. The topological polar surface area (TPSA) is 72.8 Å². The lowest BCUT2D eigenvalue weighted by atomic mass is 10.1. The Morgan fingerprint density at radius 2 is 2.13 bits per heavy atom. The number of hydrogen-bond donors (Lipinski definition) is 1. The lowest BCUT2D eigenvalue weighted by Crippen LogP contribution is -2.04. The Morgan fingerprint density at radius 1 is 1.47 bits per heavy atom. The van der Waals surface area contributed by atoms with Gasteiger partial charge in [0.1, 0.15) is 0 Å². The third-order valence-corrected chi connectivity index (χ3v) is 1.97. The van der Waals surface area contributed by atoms with Crippen LogP contribution in [0.5, 0.6) is 11.5 Å². The number of hydrogen-bond acceptors (Lipinski definition) is 5. The van der Waals surface area contributed by atoms with Gasteiger partial charge in [-0.1, -0.05) is 0 Å². The molecule has 1 aromatic carbocycles. The van der Waals surface area contributed by atoms with E-state index in [2.05, 4.69) is 9.47 Å². The van der Waals surface area contributed by atoms with E-state index in [1.54, 1.807) is 0 Å². The highest BCUT2D eigenvalue weighted by molar-refractivity contribution is 5.92. The third-order valence-electron chi connectivity index (χ3n) is 1.97. The summed E-state index contributed by atoms with van der Waals surface area (Å²) < 4.78 is 9.01. The van der Waals surface area contributed by atoms with Crippen molar-refractivity contribution in [2.24, 2.45) is 0 Å². The number of phenols is 1. The fourth-order valence-electron chi connectivity index (χ4n) is 1.15. The normalized spacial score (nSPS) is 9.47. The maximum atomic E-state index is 11.2. The van der Waals surface area contributed by atoms with Gasteiger partial charge < -0.3 is 14.6 Å². The maximum Gasteiger partial charge on any atom is 0.338 e. The highest BCUT2D eigenvalue weighted by Gasteiger charge is 2.15. The molecule has 0 heterocycles. The highest BCUT2D eigenvalue weighted by atomic mass is 16.5. The molecule has 0 fully saturated rings. The second-order valence-electron chi connectivity index (χ2n) is 2.79. The molecule has 0 saturated carbocycles. The van der Waals surface area contributed by atoms with Gasteiger partial charge in [0.2, 0.25) is 0 Å². The first-order valence-electron chi connectivity index (χ1n) is 4.13. The summed E-state index contributed by atoms with van der Waals surface area (Å²) in [5.74, 6) is -0.791. The van der Waals surface area contributed by atoms with Gasteiger partial charge in [-0.25, -0.2) is 4.79 Å². The molecule has 15 heavy (non-hydrogen) atoms. The highest BCUT2D eigenvalue weighted by Crippen LogP contribution is 2.31. The van der Waals surface area contributed by atoms with Crippen LogP contribution in [0.15, 0.2) is 12.1 Å². The monoisotopic (exact) mass is 210 g/mol. The molecule has 5 heteroatoms. The number of ether oxygens (including phenoxy) is 2. The van der Waals surface area contributed by atoms with E-state index in [0.717, 1.165) is 0 Å². The average Bonchev–Trinajstić information content (AvgIpc) is 2.24. The average molecular weight is 210 g/mol. The van der Waals surface area contributed by atoms with E-state index < -0.39 is 5.97 Å². The van der Waals surface area contributed by atoms with Crippen molar-refractivity contribution in [3.8, 4) is 11.5 Å². The minimum atomic E-state index is -0.555. The van der Waals surface area contributed by atoms with Crippen LogP contribution in [0.4, 0.5) is 0 Å². The van der Waals surface area contributed by atoms with Crippen molar-refractivity contribution in [3.63, 3.8) is 0 Å². The van der Waals surface area contributed by atoms with Gasteiger partial charge in [0.05, 0.1) is 12.7 Å². The van der Waals surface area contributed by atoms with Crippen LogP contribution in [-0.2, 0) is 9.53 Å². The zero-order valence-corrected chi connectivity index (χ0v) is 8.31. The number of carbonyl (C=O) groups excluding carboxylic acids is 2. The molecule has 0 aromatic heterocycles. The van der Waals surface area contributed by atoms with Gasteiger partial charge in [0.25, 0.3) is 6.47 Å². The molecular formula is C10H10O5. The standard InChI is InChI=1S/C10H10O5/c1-6-7(10(13)14-2)3-4-8(9(6)12)15-5-11/h3-5,12H,1-2H3. The Morgan fingerprint density at radius 3 is 2.67 bits per heavy atom. The first-order valence-corrected chi connectivity index (χ1v) is 4.13. The summed E-state index contributed by atoms with van der Waals surface area (Å²) >= 11 is 0. The predicted molar refractivity (Wildman–Crippen MR) is 50.9 cm³/mol. The number of phenolic OH excluding ortho intramolecular Hbond substituents is 1. The minimum Gasteiger partial charge on any atom is -0.504 e. The van der Waals surface area contributed by atoms with Crippen LogP contribution in [0.1, 0.15) is 15.9 Å². The van der Waals surface area contributed by atoms with Gasteiger partial charge in [0, 0.05) is 5.56 Å². The van der Waals surface area contributed by atoms with Gasteiger partial charge >= 0.3 is 5.97 Å². The van der Waals surface area contributed by atoms with Gasteiger partial charge in [0.15, 0.2) is 11.5 Å². The predicted octanol–water partition coefficient (Wildman–Crippen LogP) is 1.02. The fourth-order valence-corrected chi connectivity index (χ4v) is 1.15.